The van der Waals surface area contributed by atoms with E-state index in [9.17, 15) is 4.39 Å². The number of nitrogens with one attached hydrogen (secondary N) is 1. The van der Waals surface area contributed by atoms with Gasteiger partial charge >= 0.3 is 0 Å². The van der Waals surface area contributed by atoms with Crippen molar-refractivity contribution in [3.63, 3.8) is 0 Å². The molecule has 1 saturated heterocycles. The molecule has 0 radical (unpaired) electrons. The Morgan fingerprint density at radius 2 is 2.21 bits per heavy atom. The van der Waals surface area contributed by atoms with Gasteiger partial charge in [-0.05, 0) is 31.2 Å². The van der Waals surface area contributed by atoms with Crippen LogP contribution in [0.1, 0.15) is 6.92 Å². The van der Waals surface area contributed by atoms with Gasteiger partial charge in [0.2, 0.25) is 0 Å². The van der Waals surface area contributed by atoms with E-state index in [4.69, 9.17) is 10.5 Å². The molecule has 3 aromatic rings. The van der Waals surface area contributed by atoms with Crippen LogP contribution in [0.3, 0.4) is 0 Å². The van der Waals surface area contributed by atoms with E-state index < -0.39 is 0 Å². The molecule has 1 unspecified atom stereocenters. The van der Waals surface area contributed by atoms with E-state index in [1.54, 1.807) is 6.20 Å². The van der Waals surface area contributed by atoms with Gasteiger partial charge in [-0.25, -0.2) is 9.37 Å². The molecule has 5 nitrogen and oxygen atoms in total. The molecule has 0 bridgehead atoms. The maximum atomic E-state index is 14.0. The number of hydrogen-bond acceptors (Lipinski definition) is 4. The van der Waals surface area contributed by atoms with Crippen molar-refractivity contribution in [1.82, 2.24) is 9.97 Å². The molecule has 3 heterocycles. The maximum absolute atomic E-state index is 14.0. The molecule has 6 heteroatoms. The number of H-pyrrole nitrogens is 1. The Morgan fingerprint density at radius 1 is 1.33 bits per heavy atom. The third kappa shape index (κ3) is 2.59. The first-order chi connectivity index (χ1) is 11.6. The molecule has 0 aliphatic carbocycles. The van der Waals surface area contributed by atoms with Gasteiger partial charge in [-0.2, -0.15) is 0 Å². The smallest absolute Gasteiger partial charge is 0.126 e. The highest BCUT2D eigenvalue weighted by molar-refractivity contribution is 5.95. The highest BCUT2D eigenvalue weighted by Crippen LogP contribution is 2.32. The second kappa shape index (κ2) is 5.79. The SMILES string of the molecule is CC1COCCN1c1cc(N)nc(-c2cc(F)cc3[nH]ccc23)c1. The third-order valence-electron chi connectivity index (χ3n) is 4.44. The van der Waals surface area contributed by atoms with Crippen LogP contribution in [0.5, 0.6) is 0 Å². The number of aromatic nitrogens is 2. The highest BCUT2D eigenvalue weighted by Gasteiger charge is 2.21. The highest BCUT2D eigenvalue weighted by atomic mass is 19.1. The Morgan fingerprint density at radius 3 is 3.04 bits per heavy atom. The van der Waals surface area contributed by atoms with Gasteiger partial charge in [-0.1, -0.05) is 0 Å². The Kier molecular flexibility index (Phi) is 3.61. The lowest BCUT2D eigenvalue weighted by atomic mass is 10.0. The Balaban J connectivity index is 1.85. The molecule has 0 spiro atoms. The second-order valence-corrected chi connectivity index (χ2v) is 6.15. The van der Waals surface area contributed by atoms with E-state index in [1.807, 2.05) is 18.2 Å². The molecule has 0 amide bonds. The molecular weight excluding hydrogens is 307 g/mol. The molecule has 1 aliphatic heterocycles. The first-order valence-electron chi connectivity index (χ1n) is 8.01. The van der Waals surface area contributed by atoms with Gasteiger partial charge < -0.3 is 20.4 Å². The van der Waals surface area contributed by atoms with E-state index in [1.165, 1.54) is 12.1 Å². The number of anilines is 2. The van der Waals surface area contributed by atoms with Crippen LogP contribution in [0, 0.1) is 5.82 Å². The van der Waals surface area contributed by atoms with Crippen molar-refractivity contribution in [3.8, 4) is 11.3 Å². The van der Waals surface area contributed by atoms with Crippen molar-refractivity contribution in [2.45, 2.75) is 13.0 Å². The number of ether oxygens (including phenoxy) is 1. The molecule has 1 aliphatic rings. The summed E-state index contributed by atoms with van der Waals surface area (Å²) < 4.78 is 19.5. The summed E-state index contributed by atoms with van der Waals surface area (Å²) in [5.41, 5.74) is 9.18. The molecule has 4 rings (SSSR count). The predicted octanol–water partition coefficient (Wildman–Crippen LogP) is 3.18. The first kappa shape index (κ1) is 15.0. The molecule has 3 N–H and O–H groups in total. The fourth-order valence-electron chi connectivity index (χ4n) is 3.30. The number of rotatable bonds is 2. The van der Waals surface area contributed by atoms with Crippen LogP contribution < -0.4 is 10.6 Å². The van der Waals surface area contributed by atoms with Crippen LogP contribution in [-0.4, -0.2) is 35.8 Å². The zero-order valence-electron chi connectivity index (χ0n) is 13.4. The summed E-state index contributed by atoms with van der Waals surface area (Å²) in [4.78, 5) is 9.73. The average molecular weight is 326 g/mol. The number of nitrogens with two attached hydrogens (primary N) is 1. The summed E-state index contributed by atoms with van der Waals surface area (Å²) in [6.45, 7) is 4.28. The Labute approximate surface area is 139 Å². The molecule has 1 atom stereocenters. The number of morpholine rings is 1. The van der Waals surface area contributed by atoms with Crippen molar-refractivity contribution >= 4 is 22.4 Å². The standard InChI is InChI=1S/C18H19FN4O/c1-11-10-24-5-4-23(11)13-8-17(22-18(20)9-13)15-6-12(19)7-16-14(15)2-3-21-16/h2-3,6-9,11,21H,4-5,10H2,1H3,(H2,20,22). The number of hydrogen-bond donors (Lipinski definition) is 2. The van der Waals surface area contributed by atoms with Crippen LogP contribution in [0.2, 0.25) is 0 Å². The monoisotopic (exact) mass is 326 g/mol. The van der Waals surface area contributed by atoms with Crippen molar-refractivity contribution in [3.05, 3.63) is 42.3 Å². The van der Waals surface area contributed by atoms with E-state index in [-0.39, 0.29) is 11.9 Å². The van der Waals surface area contributed by atoms with Crippen molar-refractivity contribution in [1.29, 1.82) is 0 Å². The number of aromatic amines is 1. The maximum Gasteiger partial charge on any atom is 0.126 e. The summed E-state index contributed by atoms with van der Waals surface area (Å²) in [6.07, 6.45) is 1.80. The summed E-state index contributed by atoms with van der Waals surface area (Å²) >= 11 is 0. The molecule has 124 valence electrons. The van der Waals surface area contributed by atoms with E-state index >= 15 is 0 Å². The van der Waals surface area contributed by atoms with Crippen molar-refractivity contribution < 1.29 is 9.13 Å². The Bertz CT molecular complexity index is 892. The van der Waals surface area contributed by atoms with Crippen LogP contribution in [0.15, 0.2) is 36.5 Å². The number of nitrogens with zero attached hydrogens (tertiary/aromatic N) is 2. The molecule has 1 aromatic carbocycles. The second-order valence-electron chi connectivity index (χ2n) is 6.15. The van der Waals surface area contributed by atoms with Crippen molar-refractivity contribution in [2.24, 2.45) is 0 Å². The first-order valence-corrected chi connectivity index (χ1v) is 8.01. The van der Waals surface area contributed by atoms with Gasteiger partial charge in [0.25, 0.3) is 0 Å². The normalized spacial score (nSPS) is 18.2. The zero-order chi connectivity index (χ0) is 16.7. The van der Waals surface area contributed by atoms with Crippen molar-refractivity contribution in [2.75, 3.05) is 30.4 Å². The number of benzene rings is 1. The lowest BCUT2D eigenvalue weighted by Crippen LogP contribution is -2.43. The molecule has 1 fully saturated rings. The number of pyridine rings is 1. The van der Waals surface area contributed by atoms with Gasteiger partial charge in [0.05, 0.1) is 18.9 Å². The minimum atomic E-state index is -0.300. The van der Waals surface area contributed by atoms with E-state index in [0.29, 0.717) is 24.7 Å². The Hall–Kier alpha value is -2.60. The summed E-state index contributed by atoms with van der Waals surface area (Å²) in [5, 5.41) is 0.926. The average Bonchev–Trinajstić information content (AvgIpc) is 3.02. The van der Waals surface area contributed by atoms with Gasteiger partial charge in [0, 0.05) is 47.0 Å². The number of nitrogen functional groups attached to an aromatic ring is 1. The number of halogens is 1. The summed E-state index contributed by atoms with van der Waals surface area (Å²) in [6, 6.07) is 9.00. The quantitative estimate of drug-likeness (QED) is 0.759. The third-order valence-corrected chi connectivity index (χ3v) is 4.44. The summed E-state index contributed by atoms with van der Waals surface area (Å²) in [5.74, 6) is 0.125. The van der Waals surface area contributed by atoms with Crippen LogP contribution >= 0.6 is 0 Å². The number of fused-ring (bicyclic) bond motifs is 1. The van der Waals surface area contributed by atoms with E-state index in [0.717, 1.165) is 28.7 Å². The minimum Gasteiger partial charge on any atom is -0.384 e. The molecule has 0 saturated carbocycles. The molecule has 24 heavy (non-hydrogen) atoms. The lowest BCUT2D eigenvalue weighted by molar-refractivity contribution is 0.0989. The van der Waals surface area contributed by atoms with E-state index in [2.05, 4.69) is 21.8 Å². The fourth-order valence-corrected chi connectivity index (χ4v) is 3.30. The molecular formula is C18H19FN4O. The van der Waals surface area contributed by atoms with Gasteiger partial charge in [0.15, 0.2) is 0 Å². The van der Waals surface area contributed by atoms with Crippen LogP contribution in [-0.2, 0) is 4.74 Å². The van der Waals surface area contributed by atoms with Gasteiger partial charge in [-0.15, -0.1) is 0 Å². The minimum absolute atomic E-state index is 0.258. The van der Waals surface area contributed by atoms with Gasteiger partial charge in [0.1, 0.15) is 11.6 Å². The zero-order valence-corrected chi connectivity index (χ0v) is 13.4. The lowest BCUT2D eigenvalue weighted by Gasteiger charge is -2.35. The molecule has 2 aromatic heterocycles. The van der Waals surface area contributed by atoms with Gasteiger partial charge in [-0.3, -0.25) is 0 Å². The van der Waals surface area contributed by atoms with Crippen LogP contribution in [0.25, 0.3) is 22.2 Å². The predicted molar refractivity (Wildman–Crippen MR) is 93.5 cm³/mol. The van der Waals surface area contributed by atoms with Crippen LogP contribution in [0.4, 0.5) is 15.9 Å². The topological polar surface area (TPSA) is 67.2 Å². The summed E-state index contributed by atoms with van der Waals surface area (Å²) in [7, 11) is 0. The fraction of sp³-hybridized carbons (Fsp3) is 0.278. The largest absolute Gasteiger partial charge is 0.384 e.